The second kappa shape index (κ2) is 9.72. The molecule has 0 aliphatic rings. The van der Waals surface area contributed by atoms with E-state index in [-0.39, 0.29) is 5.91 Å². The van der Waals surface area contributed by atoms with Crippen LogP contribution in [0, 0.1) is 0 Å². The Balaban J connectivity index is 1.93. The summed E-state index contributed by atoms with van der Waals surface area (Å²) in [5.74, 6) is 0.427. The van der Waals surface area contributed by atoms with Crippen molar-refractivity contribution in [1.82, 2.24) is 10.7 Å². The van der Waals surface area contributed by atoms with Crippen LogP contribution in [0.5, 0.6) is 11.5 Å². The van der Waals surface area contributed by atoms with Crippen LogP contribution >= 0.6 is 15.9 Å². The SMILES string of the molecule is COc1ccc(/C=N/NC(=O)C(C)NC(=O)c2ccc(Br)cc2)c(OC)c1. The Hall–Kier alpha value is -2.87. The second-order valence-corrected chi connectivity index (χ2v) is 6.46. The number of nitrogens with zero attached hydrogens (tertiary/aromatic N) is 1. The van der Waals surface area contributed by atoms with E-state index >= 15 is 0 Å². The number of carbonyl (C=O) groups is 2. The normalized spacial score (nSPS) is 11.7. The molecule has 2 rings (SSSR count). The van der Waals surface area contributed by atoms with Crippen LogP contribution in [0.3, 0.4) is 0 Å². The van der Waals surface area contributed by atoms with Gasteiger partial charge in [0.05, 0.1) is 20.4 Å². The highest BCUT2D eigenvalue weighted by Gasteiger charge is 2.16. The molecule has 7 nitrogen and oxygen atoms in total. The average Bonchev–Trinajstić information content (AvgIpc) is 2.68. The van der Waals surface area contributed by atoms with E-state index in [0.717, 1.165) is 4.47 Å². The minimum atomic E-state index is -0.754. The summed E-state index contributed by atoms with van der Waals surface area (Å²) < 4.78 is 11.3. The number of ether oxygens (including phenoxy) is 2. The summed E-state index contributed by atoms with van der Waals surface area (Å²) in [5.41, 5.74) is 3.53. The first-order valence-corrected chi connectivity index (χ1v) is 8.85. The summed E-state index contributed by atoms with van der Waals surface area (Å²) in [6.07, 6.45) is 1.46. The molecule has 1 atom stereocenters. The molecule has 2 N–H and O–H groups in total. The van der Waals surface area contributed by atoms with Crippen LogP contribution in [-0.2, 0) is 4.79 Å². The summed E-state index contributed by atoms with van der Waals surface area (Å²) in [7, 11) is 3.09. The molecule has 142 valence electrons. The molecule has 27 heavy (non-hydrogen) atoms. The van der Waals surface area contributed by atoms with Gasteiger partial charge in [-0.1, -0.05) is 15.9 Å². The zero-order valence-corrected chi connectivity index (χ0v) is 16.7. The molecule has 0 aliphatic carbocycles. The Morgan fingerprint density at radius 2 is 1.81 bits per heavy atom. The molecule has 1 unspecified atom stereocenters. The minimum absolute atomic E-state index is 0.342. The van der Waals surface area contributed by atoms with E-state index in [1.54, 1.807) is 56.5 Å². The van der Waals surface area contributed by atoms with E-state index in [1.807, 2.05) is 0 Å². The van der Waals surface area contributed by atoms with Crippen molar-refractivity contribution < 1.29 is 19.1 Å². The number of amides is 2. The van der Waals surface area contributed by atoms with Crippen molar-refractivity contribution in [2.75, 3.05) is 14.2 Å². The number of methoxy groups -OCH3 is 2. The van der Waals surface area contributed by atoms with Gasteiger partial charge in [0.2, 0.25) is 0 Å². The maximum absolute atomic E-state index is 12.1. The molecule has 0 fully saturated rings. The van der Waals surface area contributed by atoms with Gasteiger partial charge in [-0.25, -0.2) is 5.43 Å². The minimum Gasteiger partial charge on any atom is -0.497 e. The summed E-state index contributed by atoms with van der Waals surface area (Å²) >= 11 is 3.31. The Bertz CT molecular complexity index is 837. The van der Waals surface area contributed by atoms with E-state index < -0.39 is 11.9 Å². The van der Waals surface area contributed by atoms with Crippen molar-refractivity contribution >= 4 is 34.0 Å². The molecule has 0 aliphatic heterocycles. The van der Waals surface area contributed by atoms with Gasteiger partial charge in [0, 0.05) is 21.7 Å². The van der Waals surface area contributed by atoms with Crippen LogP contribution in [0.25, 0.3) is 0 Å². The number of hydrogen-bond acceptors (Lipinski definition) is 5. The highest BCUT2D eigenvalue weighted by molar-refractivity contribution is 9.10. The average molecular weight is 434 g/mol. The van der Waals surface area contributed by atoms with Crippen LogP contribution in [0.4, 0.5) is 0 Å². The molecular weight excluding hydrogens is 414 g/mol. The number of hydrogen-bond donors (Lipinski definition) is 2. The molecule has 2 aromatic carbocycles. The monoisotopic (exact) mass is 433 g/mol. The van der Waals surface area contributed by atoms with Gasteiger partial charge >= 0.3 is 0 Å². The van der Waals surface area contributed by atoms with Crippen LogP contribution in [-0.4, -0.2) is 38.3 Å². The Morgan fingerprint density at radius 1 is 1.11 bits per heavy atom. The number of rotatable bonds is 7. The molecule has 0 spiro atoms. The Labute approximate surface area is 165 Å². The third-order valence-electron chi connectivity index (χ3n) is 3.67. The fourth-order valence-corrected chi connectivity index (χ4v) is 2.40. The summed E-state index contributed by atoms with van der Waals surface area (Å²) in [6, 6.07) is 11.3. The molecule has 0 bridgehead atoms. The first kappa shape index (κ1) is 20.4. The molecular formula is C19H20BrN3O4. The molecule has 0 radical (unpaired) electrons. The number of hydrazone groups is 1. The van der Waals surface area contributed by atoms with E-state index in [9.17, 15) is 9.59 Å². The maximum atomic E-state index is 12.1. The lowest BCUT2D eigenvalue weighted by molar-refractivity contribution is -0.122. The summed E-state index contributed by atoms with van der Waals surface area (Å²) in [4.78, 5) is 24.2. The molecule has 0 saturated carbocycles. The third-order valence-corrected chi connectivity index (χ3v) is 4.19. The van der Waals surface area contributed by atoms with Gasteiger partial charge in [-0.2, -0.15) is 5.10 Å². The van der Waals surface area contributed by atoms with E-state index in [1.165, 1.54) is 13.3 Å². The standard InChI is InChI=1S/C19H20BrN3O4/c1-12(22-19(25)13-4-7-15(20)8-5-13)18(24)23-21-11-14-6-9-16(26-2)10-17(14)27-3/h4-12H,1-3H3,(H,22,25)(H,23,24)/b21-11+. The predicted octanol–water partition coefficient (Wildman–Crippen LogP) is 2.73. The quantitative estimate of drug-likeness (QED) is 0.518. The largest absolute Gasteiger partial charge is 0.497 e. The molecule has 0 heterocycles. The highest BCUT2D eigenvalue weighted by Crippen LogP contribution is 2.22. The van der Waals surface area contributed by atoms with Gasteiger partial charge in [0.25, 0.3) is 11.8 Å². The van der Waals surface area contributed by atoms with Gasteiger partial charge in [-0.15, -0.1) is 0 Å². The van der Waals surface area contributed by atoms with Crippen LogP contribution in [0.2, 0.25) is 0 Å². The molecule has 0 aromatic heterocycles. The lowest BCUT2D eigenvalue weighted by Crippen LogP contribution is -2.43. The molecule has 2 aromatic rings. The van der Waals surface area contributed by atoms with E-state index in [4.69, 9.17) is 9.47 Å². The summed E-state index contributed by atoms with van der Waals surface area (Å²) in [5, 5.41) is 6.54. The van der Waals surface area contributed by atoms with Crippen molar-refractivity contribution in [3.05, 3.63) is 58.1 Å². The smallest absolute Gasteiger partial charge is 0.262 e. The van der Waals surface area contributed by atoms with Crippen LogP contribution < -0.4 is 20.2 Å². The number of halogens is 1. The van der Waals surface area contributed by atoms with Gasteiger partial charge in [-0.05, 0) is 43.3 Å². The first-order chi connectivity index (χ1) is 12.9. The predicted molar refractivity (Wildman–Crippen MR) is 106 cm³/mol. The van der Waals surface area contributed by atoms with Crippen LogP contribution in [0.1, 0.15) is 22.8 Å². The molecule has 2 amide bonds. The Kier molecular flexibility index (Phi) is 7.36. The topological polar surface area (TPSA) is 89.0 Å². The van der Waals surface area contributed by atoms with Crippen molar-refractivity contribution in [3.63, 3.8) is 0 Å². The van der Waals surface area contributed by atoms with Crippen molar-refractivity contribution in [3.8, 4) is 11.5 Å². The number of carbonyl (C=O) groups excluding carboxylic acids is 2. The van der Waals surface area contributed by atoms with Crippen LogP contribution in [0.15, 0.2) is 52.0 Å². The Morgan fingerprint density at radius 3 is 2.44 bits per heavy atom. The number of nitrogens with one attached hydrogen (secondary N) is 2. The second-order valence-electron chi connectivity index (χ2n) is 5.54. The van der Waals surface area contributed by atoms with Gasteiger partial charge in [-0.3, -0.25) is 9.59 Å². The van der Waals surface area contributed by atoms with Crippen molar-refractivity contribution in [2.45, 2.75) is 13.0 Å². The first-order valence-electron chi connectivity index (χ1n) is 8.06. The highest BCUT2D eigenvalue weighted by atomic mass is 79.9. The summed E-state index contributed by atoms with van der Waals surface area (Å²) in [6.45, 7) is 1.58. The van der Waals surface area contributed by atoms with Gasteiger partial charge in [0.15, 0.2) is 0 Å². The van der Waals surface area contributed by atoms with E-state index in [0.29, 0.717) is 22.6 Å². The van der Waals surface area contributed by atoms with Crippen molar-refractivity contribution in [1.29, 1.82) is 0 Å². The number of benzene rings is 2. The van der Waals surface area contributed by atoms with Gasteiger partial charge < -0.3 is 14.8 Å². The zero-order chi connectivity index (χ0) is 19.8. The maximum Gasteiger partial charge on any atom is 0.262 e. The lowest BCUT2D eigenvalue weighted by Gasteiger charge is -2.12. The lowest BCUT2D eigenvalue weighted by atomic mass is 10.2. The van der Waals surface area contributed by atoms with E-state index in [2.05, 4.69) is 31.8 Å². The van der Waals surface area contributed by atoms with Crippen molar-refractivity contribution in [2.24, 2.45) is 5.10 Å². The third kappa shape index (κ3) is 5.82. The molecule has 0 saturated heterocycles. The fraction of sp³-hybridized carbons (Fsp3) is 0.211. The molecule has 8 heteroatoms. The zero-order valence-electron chi connectivity index (χ0n) is 15.2. The van der Waals surface area contributed by atoms with Gasteiger partial charge in [0.1, 0.15) is 17.5 Å². The fourth-order valence-electron chi connectivity index (χ4n) is 2.13.